The van der Waals surface area contributed by atoms with Gasteiger partial charge in [0.15, 0.2) is 0 Å². The van der Waals surface area contributed by atoms with Gasteiger partial charge >= 0.3 is 0 Å². The predicted octanol–water partition coefficient (Wildman–Crippen LogP) is 3.60. The zero-order valence-electron chi connectivity index (χ0n) is 11.0. The first-order valence-electron chi connectivity index (χ1n) is 6.06. The first-order chi connectivity index (χ1) is 6.35. The molecule has 1 N–H and O–H groups in total. The van der Waals surface area contributed by atoms with Gasteiger partial charge in [0.1, 0.15) is 0 Å². The molecule has 0 aliphatic heterocycles. The van der Waals surface area contributed by atoms with Crippen LogP contribution in [0.4, 0.5) is 0 Å². The first kappa shape index (κ1) is 14.2. The molecule has 0 saturated carbocycles. The van der Waals surface area contributed by atoms with Crippen molar-refractivity contribution in [2.24, 2.45) is 11.8 Å². The Morgan fingerprint density at radius 3 is 2.07 bits per heavy atom. The highest BCUT2D eigenvalue weighted by molar-refractivity contribution is 6.76. The molecule has 0 aromatic rings. The number of hydrogen-bond donors (Lipinski definition) is 1. The van der Waals surface area contributed by atoms with Gasteiger partial charge in [-0.15, -0.1) is 0 Å². The van der Waals surface area contributed by atoms with Crippen LogP contribution < -0.4 is 5.32 Å². The molecule has 0 spiro atoms. The van der Waals surface area contributed by atoms with Crippen molar-refractivity contribution in [2.75, 3.05) is 13.1 Å². The molecule has 0 fully saturated rings. The average Bonchev–Trinajstić information content (AvgIpc) is 1.96. The third-order valence-electron chi connectivity index (χ3n) is 2.39. The van der Waals surface area contributed by atoms with Gasteiger partial charge < -0.3 is 5.32 Å². The van der Waals surface area contributed by atoms with Crippen molar-refractivity contribution in [1.82, 2.24) is 5.32 Å². The molecule has 14 heavy (non-hydrogen) atoms. The van der Waals surface area contributed by atoms with Crippen molar-refractivity contribution < 1.29 is 0 Å². The smallest absolute Gasteiger partial charge is 0.0445 e. The Morgan fingerprint density at radius 1 is 1.14 bits per heavy atom. The zero-order chi connectivity index (χ0) is 11.2. The van der Waals surface area contributed by atoms with Crippen molar-refractivity contribution in [2.45, 2.75) is 52.9 Å². The van der Waals surface area contributed by atoms with E-state index in [4.69, 9.17) is 0 Å². The maximum Gasteiger partial charge on any atom is 0.0445 e. The molecule has 0 saturated heterocycles. The number of nitrogens with one attached hydrogen (secondary N) is 1. The van der Waals surface area contributed by atoms with E-state index in [1.54, 1.807) is 0 Å². The van der Waals surface area contributed by atoms with Crippen molar-refractivity contribution >= 4 is 8.07 Å². The Hall–Kier alpha value is 0.177. The molecular formula is C12H29NSi. The van der Waals surface area contributed by atoms with Gasteiger partial charge in [0.2, 0.25) is 0 Å². The van der Waals surface area contributed by atoms with Gasteiger partial charge in [-0.2, -0.15) is 0 Å². The summed E-state index contributed by atoms with van der Waals surface area (Å²) >= 11 is 0. The Labute approximate surface area is 91.7 Å². The van der Waals surface area contributed by atoms with E-state index in [9.17, 15) is 0 Å². The van der Waals surface area contributed by atoms with Crippen molar-refractivity contribution in [3.8, 4) is 0 Å². The molecule has 0 aromatic carbocycles. The molecule has 1 unspecified atom stereocenters. The van der Waals surface area contributed by atoms with Crippen LogP contribution in [-0.4, -0.2) is 21.2 Å². The van der Waals surface area contributed by atoms with Crippen LogP contribution in [0.15, 0.2) is 0 Å². The van der Waals surface area contributed by atoms with Gasteiger partial charge in [0.25, 0.3) is 0 Å². The third kappa shape index (κ3) is 8.76. The highest BCUT2D eigenvalue weighted by Crippen LogP contribution is 2.22. The van der Waals surface area contributed by atoms with E-state index in [2.05, 4.69) is 45.7 Å². The van der Waals surface area contributed by atoms with E-state index in [0.29, 0.717) is 0 Å². The minimum Gasteiger partial charge on any atom is -0.317 e. The SMILES string of the molecule is CCNCC(CC(C)C)C[Si](C)(C)C. The fourth-order valence-electron chi connectivity index (χ4n) is 2.12. The highest BCUT2D eigenvalue weighted by atomic mass is 28.3. The van der Waals surface area contributed by atoms with Crippen molar-refractivity contribution in [3.05, 3.63) is 0 Å². The van der Waals surface area contributed by atoms with Crippen LogP contribution in [0.1, 0.15) is 27.2 Å². The summed E-state index contributed by atoms with van der Waals surface area (Å²) in [5.74, 6) is 1.75. The summed E-state index contributed by atoms with van der Waals surface area (Å²) in [6.07, 6.45) is 1.39. The second-order valence-corrected chi connectivity index (χ2v) is 11.6. The van der Waals surface area contributed by atoms with Crippen LogP contribution in [0.3, 0.4) is 0 Å². The van der Waals surface area contributed by atoms with E-state index in [-0.39, 0.29) is 0 Å². The molecular weight excluding hydrogens is 186 g/mol. The first-order valence-corrected chi connectivity index (χ1v) is 9.76. The molecule has 0 aliphatic carbocycles. The molecule has 1 nitrogen and oxygen atoms in total. The Kier molecular flexibility index (Phi) is 6.71. The molecule has 0 heterocycles. The lowest BCUT2D eigenvalue weighted by molar-refractivity contribution is 0.414. The summed E-state index contributed by atoms with van der Waals surface area (Å²) in [5, 5.41) is 3.50. The zero-order valence-corrected chi connectivity index (χ0v) is 12.0. The van der Waals surface area contributed by atoms with E-state index in [0.717, 1.165) is 18.4 Å². The standard InChI is InChI=1S/C12H29NSi/c1-7-13-9-12(8-11(2)3)10-14(4,5)6/h11-13H,7-10H2,1-6H3. The fraction of sp³-hybridized carbons (Fsp3) is 1.00. The molecule has 86 valence electrons. The van der Waals surface area contributed by atoms with Gasteiger partial charge in [0, 0.05) is 8.07 Å². The highest BCUT2D eigenvalue weighted by Gasteiger charge is 2.20. The molecule has 0 aliphatic rings. The minimum atomic E-state index is -0.877. The third-order valence-corrected chi connectivity index (χ3v) is 4.19. The van der Waals surface area contributed by atoms with E-state index < -0.39 is 8.07 Å². The molecule has 0 aromatic heterocycles. The van der Waals surface area contributed by atoms with Crippen LogP contribution in [0, 0.1) is 11.8 Å². The van der Waals surface area contributed by atoms with Crippen LogP contribution in [0.5, 0.6) is 0 Å². The summed E-state index contributed by atoms with van der Waals surface area (Å²) in [6, 6.07) is 1.47. The quantitative estimate of drug-likeness (QED) is 0.640. The monoisotopic (exact) mass is 215 g/mol. The van der Waals surface area contributed by atoms with Crippen LogP contribution in [0.2, 0.25) is 25.7 Å². The maximum absolute atomic E-state index is 3.50. The average molecular weight is 215 g/mol. The molecule has 0 radical (unpaired) electrons. The lowest BCUT2D eigenvalue weighted by atomic mass is 9.99. The molecule has 0 rings (SSSR count). The molecule has 2 heteroatoms. The van der Waals surface area contributed by atoms with Crippen LogP contribution in [0.25, 0.3) is 0 Å². The van der Waals surface area contributed by atoms with Gasteiger partial charge in [-0.1, -0.05) is 46.5 Å². The van der Waals surface area contributed by atoms with Crippen molar-refractivity contribution in [1.29, 1.82) is 0 Å². The van der Waals surface area contributed by atoms with E-state index in [1.165, 1.54) is 19.0 Å². The molecule has 1 atom stereocenters. The number of hydrogen-bond acceptors (Lipinski definition) is 1. The van der Waals surface area contributed by atoms with Crippen LogP contribution in [-0.2, 0) is 0 Å². The summed E-state index contributed by atoms with van der Waals surface area (Å²) in [5.41, 5.74) is 0. The molecule has 0 bridgehead atoms. The van der Waals surface area contributed by atoms with Gasteiger partial charge in [-0.25, -0.2) is 0 Å². The normalized spacial score (nSPS) is 14.8. The summed E-state index contributed by atoms with van der Waals surface area (Å²) < 4.78 is 0. The lowest BCUT2D eigenvalue weighted by Gasteiger charge is -2.26. The number of rotatable bonds is 7. The summed E-state index contributed by atoms with van der Waals surface area (Å²) in [7, 11) is -0.877. The Morgan fingerprint density at radius 2 is 1.71 bits per heavy atom. The summed E-state index contributed by atoms with van der Waals surface area (Å²) in [4.78, 5) is 0. The van der Waals surface area contributed by atoms with Crippen molar-refractivity contribution in [3.63, 3.8) is 0 Å². The maximum atomic E-state index is 3.50. The second-order valence-electron chi connectivity index (χ2n) is 6.07. The largest absolute Gasteiger partial charge is 0.317 e. The molecule has 0 amide bonds. The Balaban J connectivity index is 3.97. The van der Waals surface area contributed by atoms with Gasteiger partial charge in [-0.3, -0.25) is 0 Å². The lowest BCUT2D eigenvalue weighted by Crippen LogP contribution is -2.31. The topological polar surface area (TPSA) is 12.0 Å². The Bertz CT molecular complexity index is 138. The van der Waals surface area contributed by atoms with Gasteiger partial charge in [-0.05, 0) is 31.3 Å². The summed E-state index contributed by atoms with van der Waals surface area (Å²) in [6.45, 7) is 16.6. The minimum absolute atomic E-state index is 0.843. The van der Waals surface area contributed by atoms with E-state index >= 15 is 0 Å². The van der Waals surface area contributed by atoms with Gasteiger partial charge in [0.05, 0.1) is 0 Å². The predicted molar refractivity (Wildman–Crippen MR) is 69.6 cm³/mol. The second kappa shape index (κ2) is 6.62. The van der Waals surface area contributed by atoms with E-state index in [1.807, 2.05) is 0 Å². The fourth-order valence-corrected chi connectivity index (χ4v) is 4.16. The van der Waals surface area contributed by atoms with Crippen LogP contribution >= 0.6 is 0 Å².